The SMILES string of the molecule is O=C(c1ccoc1Cl)N1CCCC(O)(c2cn[nH]n2)C1. The topological polar surface area (TPSA) is 95.3 Å². The molecule has 0 aliphatic carbocycles. The Balaban J connectivity index is 1.82. The van der Waals surface area contributed by atoms with Crippen molar-refractivity contribution in [3.8, 4) is 0 Å². The maximum Gasteiger partial charge on any atom is 0.258 e. The molecule has 1 atom stereocenters. The van der Waals surface area contributed by atoms with Crippen molar-refractivity contribution in [1.29, 1.82) is 0 Å². The molecule has 1 aliphatic heterocycles. The van der Waals surface area contributed by atoms with E-state index in [4.69, 9.17) is 16.0 Å². The number of halogens is 1. The number of β-amino-alcohol motifs (C(OH)–C–C–N with tert-alkyl or cyclic N) is 1. The van der Waals surface area contributed by atoms with Gasteiger partial charge >= 0.3 is 0 Å². The average Bonchev–Trinajstić information content (AvgIpc) is 3.09. The van der Waals surface area contributed by atoms with E-state index in [1.807, 2.05) is 0 Å². The molecular formula is C12H13ClN4O3. The number of likely N-dealkylation sites (tertiary alicyclic amines) is 1. The van der Waals surface area contributed by atoms with E-state index in [-0.39, 0.29) is 17.7 Å². The van der Waals surface area contributed by atoms with Crippen LogP contribution >= 0.6 is 11.6 Å². The summed E-state index contributed by atoms with van der Waals surface area (Å²) in [6.45, 7) is 0.709. The van der Waals surface area contributed by atoms with Gasteiger partial charge in [-0.2, -0.15) is 15.4 Å². The van der Waals surface area contributed by atoms with E-state index in [1.54, 1.807) is 4.90 Å². The number of H-pyrrole nitrogens is 1. The van der Waals surface area contributed by atoms with Crippen LogP contribution in [0.2, 0.25) is 5.22 Å². The van der Waals surface area contributed by atoms with Gasteiger partial charge in [-0.25, -0.2) is 0 Å². The van der Waals surface area contributed by atoms with E-state index < -0.39 is 5.60 Å². The third-order valence-electron chi connectivity index (χ3n) is 3.50. The molecule has 1 amide bonds. The predicted octanol–water partition coefficient (Wildman–Crippen LogP) is 1.17. The van der Waals surface area contributed by atoms with Crippen LogP contribution in [0.5, 0.6) is 0 Å². The van der Waals surface area contributed by atoms with Gasteiger partial charge < -0.3 is 14.4 Å². The first-order valence-electron chi connectivity index (χ1n) is 6.21. The van der Waals surface area contributed by atoms with Crippen LogP contribution in [0.25, 0.3) is 0 Å². The smallest absolute Gasteiger partial charge is 0.258 e. The van der Waals surface area contributed by atoms with Gasteiger partial charge in [0.25, 0.3) is 5.91 Å². The zero-order chi connectivity index (χ0) is 14.2. The number of aromatic amines is 1. The molecule has 1 aliphatic rings. The third-order valence-corrected chi connectivity index (χ3v) is 3.79. The van der Waals surface area contributed by atoms with Gasteiger partial charge in [0.15, 0.2) is 0 Å². The van der Waals surface area contributed by atoms with Gasteiger partial charge in [0.2, 0.25) is 5.22 Å². The molecule has 1 fully saturated rings. The summed E-state index contributed by atoms with van der Waals surface area (Å²) in [5, 5.41) is 20.8. The number of amides is 1. The number of piperidine rings is 1. The standard InChI is InChI=1S/C12H13ClN4O3/c13-10-8(2-5-20-10)11(18)17-4-1-3-12(19,7-17)9-6-14-16-15-9/h2,5-6,19H,1,3-4,7H2,(H,14,15,16). The van der Waals surface area contributed by atoms with Crippen molar-refractivity contribution in [1.82, 2.24) is 20.3 Å². The van der Waals surface area contributed by atoms with Crippen LogP contribution in [0, 0.1) is 0 Å². The second kappa shape index (κ2) is 4.92. The molecule has 2 aromatic rings. The second-order valence-corrected chi connectivity index (χ2v) is 5.17. The Hall–Kier alpha value is -1.86. The Morgan fingerprint density at radius 1 is 1.60 bits per heavy atom. The van der Waals surface area contributed by atoms with Gasteiger partial charge in [-0.1, -0.05) is 0 Å². The molecule has 8 heteroatoms. The van der Waals surface area contributed by atoms with Crippen LogP contribution in [0.15, 0.2) is 22.9 Å². The highest BCUT2D eigenvalue weighted by Crippen LogP contribution is 2.31. The first-order valence-corrected chi connectivity index (χ1v) is 6.59. The third kappa shape index (κ3) is 2.19. The van der Waals surface area contributed by atoms with Crippen molar-refractivity contribution in [2.45, 2.75) is 18.4 Å². The molecule has 1 saturated heterocycles. The average molecular weight is 297 g/mol. The van der Waals surface area contributed by atoms with Crippen molar-refractivity contribution >= 4 is 17.5 Å². The lowest BCUT2D eigenvalue weighted by atomic mass is 9.90. The Bertz CT molecular complexity index is 612. The number of hydrogen-bond acceptors (Lipinski definition) is 5. The molecule has 3 heterocycles. The molecule has 3 rings (SSSR count). The number of carbonyl (C=O) groups excluding carboxylic acids is 1. The lowest BCUT2D eigenvalue weighted by Gasteiger charge is -2.37. The number of carbonyl (C=O) groups is 1. The van der Waals surface area contributed by atoms with Crippen LogP contribution in [0.4, 0.5) is 0 Å². The zero-order valence-electron chi connectivity index (χ0n) is 10.5. The van der Waals surface area contributed by atoms with Crippen LogP contribution in [0.3, 0.4) is 0 Å². The summed E-state index contributed by atoms with van der Waals surface area (Å²) in [4.78, 5) is 13.9. The summed E-state index contributed by atoms with van der Waals surface area (Å²) in [7, 11) is 0. The van der Waals surface area contributed by atoms with Crippen molar-refractivity contribution < 1.29 is 14.3 Å². The van der Waals surface area contributed by atoms with Crippen LogP contribution in [-0.4, -0.2) is 44.4 Å². The number of furan rings is 1. The Morgan fingerprint density at radius 3 is 3.10 bits per heavy atom. The lowest BCUT2D eigenvalue weighted by molar-refractivity contribution is -0.0320. The number of hydrogen-bond donors (Lipinski definition) is 2. The van der Waals surface area contributed by atoms with E-state index in [9.17, 15) is 9.90 Å². The minimum Gasteiger partial charge on any atom is -0.452 e. The van der Waals surface area contributed by atoms with E-state index in [1.165, 1.54) is 18.5 Å². The van der Waals surface area contributed by atoms with Gasteiger partial charge in [-0.15, -0.1) is 0 Å². The van der Waals surface area contributed by atoms with Crippen LogP contribution in [0.1, 0.15) is 28.9 Å². The first-order chi connectivity index (χ1) is 9.60. The fraction of sp³-hybridized carbons (Fsp3) is 0.417. The number of nitrogens with zero attached hydrogens (tertiary/aromatic N) is 3. The second-order valence-electron chi connectivity index (χ2n) is 4.83. The first kappa shape index (κ1) is 13.1. The molecule has 1 unspecified atom stereocenters. The molecular weight excluding hydrogens is 284 g/mol. The van der Waals surface area contributed by atoms with Crippen molar-refractivity contribution in [3.63, 3.8) is 0 Å². The van der Waals surface area contributed by atoms with Crippen molar-refractivity contribution in [2.24, 2.45) is 0 Å². The van der Waals surface area contributed by atoms with E-state index >= 15 is 0 Å². The van der Waals surface area contributed by atoms with Gasteiger partial charge in [-0.3, -0.25) is 4.79 Å². The largest absolute Gasteiger partial charge is 0.452 e. The molecule has 2 aromatic heterocycles. The fourth-order valence-corrected chi connectivity index (χ4v) is 2.66. The highest BCUT2D eigenvalue weighted by Gasteiger charge is 2.39. The summed E-state index contributed by atoms with van der Waals surface area (Å²) >= 11 is 5.82. The summed E-state index contributed by atoms with van der Waals surface area (Å²) in [5.74, 6) is -0.259. The Kier molecular flexibility index (Phi) is 3.23. The number of aromatic nitrogens is 3. The maximum absolute atomic E-state index is 12.4. The monoisotopic (exact) mass is 296 g/mol. The summed E-state index contributed by atoms with van der Waals surface area (Å²) in [6.07, 6.45) is 4.04. The Morgan fingerprint density at radius 2 is 2.45 bits per heavy atom. The van der Waals surface area contributed by atoms with E-state index in [2.05, 4.69) is 15.4 Å². The van der Waals surface area contributed by atoms with Crippen LogP contribution < -0.4 is 0 Å². The molecule has 106 valence electrons. The zero-order valence-corrected chi connectivity index (χ0v) is 11.3. The van der Waals surface area contributed by atoms with Gasteiger partial charge in [0.05, 0.1) is 24.6 Å². The van der Waals surface area contributed by atoms with Gasteiger partial charge in [0, 0.05) is 6.54 Å². The molecule has 0 saturated carbocycles. The van der Waals surface area contributed by atoms with Crippen LogP contribution in [-0.2, 0) is 5.60 Å². The van der Waals surface area contributed by atoms with E-state index in [0.717, 1.165) is 0 Å². The molecule has 0 radical (unpaired) electrons. The number of nitrogens with one attached hydrogen (secondary N) is 1. The molecule has 7 nitrogen and oxygen atoms in total. The molecule has 2 N–H and O–H groups in total. The van der Waals surface area contributed by atoms with E-state index in [0.29, 0.717) is 30.6 Å². The lowest BCUT2D eigenvalue weighted by Crippen LogP contribution is -2.48. The molecule has 20 heavy (non-hydrogen) atoms. The Labute approximate surface area is 119 Å². The van der Waals surface area contributed by atoms with Gasteiger partial charge in [-0.05, 0) is 30.5 Å². The van der Waals surface area contributed by atoms with Crippen molar-refractivity contribution in [3.05, 3.63) is 35.0 Å². The number of rotatable bonds is 2. The number of aliphatic hydroxyl groups is 1. The highest BCUT2D eigenvalue weighted by molar-refractivity contribution is 6.32. The summed E-state index contributed by atoms with van der Waals surface area (Å²) in [6, 6.07) is 1.52. The highest BCUT2D eigenvalue weighted by atomic mass is 35.5. The minimum atomic E-state index is -1.18. The minimum absolute atomic E-state index is 0.0607. The van der Waals surface area contributed by atoms with Gasteiger partial charge in [0.1, 0.15) is 11.3 Å². The normalized spacial score (nSPS) is 23.0. The summed E-state index contributed by atoms with van der Waals surface area (Å²) < 4.78 is 4.93. The fourth-order valence-electron chi connectivity index (χ4n) is 2.46. The quantitative estimate of drug-likeness (QED) is 0.867. The van der Waals surface area contributed by atoms with Crippen molar-refractivity contribution in [2.75, 3.05) is 13.1 Å². The molecule has 0 bridgehead atoms. The predicted molar refractivity (Wildman–Crippen MR) is 69.1 cm³/mol. The molecule has 0 spiro atoms. The maximum atomic E-state index is 12.4. The summed E-state index contributed by atoms with van der Waals surface area (Å²) in [5.41, 5.74) is -0.443. The molecule has 0 aromatic carbocycles.